The topological polar surface area (TPSA) is 45.7 Å². The largest absolute Gasteiger partial charge is 0.373 e. The summed E-state index contributed by atoms with van der Waals surface area (Å²) in [6, 6.07) is 11.7. The molecule has 26 heavy (non-hydrogen) atoms. The summed E-state index contributed by atoms with van der Waals surface area (Å²) in [5.74, 6) is 0.577. The molecule has 1 aromatic heterocycles. The highest BCUT2D eigenvalue weighted by molar-refractivity contribution is 5.95. The average molecular weight is 353 g/mol. The molecule has 1 amide bonds. The smallest absolute Gasteiger partial charge is 0.272 e. The first kappa shape index (κ1) is 17.4. The number of nitrogens with zero attached hydrogens (tertiary/aromatic N) is 3. The van der Waals surface area contributed by atoms with Crippen molar-refractivity contribution in [3.63, 3.8) is 0 Å². The van der Waals surface area contributed by atoms with Crippen LogP contribution in [-0.4, -0.2) is 66.6 Å². The number of carbonyl (C=O) groups is 1. The molecule has 2 saturated heterocycles. The molecule has 0 bridgehead atoms. The minimum absolute atomic E-state index is 0.0227. The quantitative estimate of drug-likeness (QED) is 0.851. The van der Waals surface area contributed by atoms with E-state index in [2.05, 4.69) is 24.0 Å². The zero-order valence-corrected chi connectivity index (χ0v) is 15.6. The van der Waals surface area contributed by atoms with E-state index in [0.717, 1.165) is 49.9 Å². The molecular weight excluding hydrogens is 326 g/mol. The molecule has 3 heterocycles. The highest BCUT2D eigenvalue weighted by Gasteiger charge is 2.44. The minimum Gasteiger partial charge on any atom is -0.373 e. The molecule has 2 aliphatic rings. The van der Waals surface area contributed by atoms with E-state index >= 15 is 0 Å². The fourth-order valence-electron chi connectivity index (χ4n) is 4.48. The van der Waals surface area contributed by atoms with Crippen molar-refractivity contribution in [2.24, 2.45) is 5.92 Å². The van der Waals surface area contributed by atoms with Crippen molar-refractivity contribution in [3.8, 4) is 0 Å². The number of pyridine rings is 1. The molecule has 1 aromatic carbocycles. The Kier molecular flexibility index (Phi) is 4.67. The van der Waals surface area contributed by atoms with Gasteiger partial charge in [0.15, 0.2) is 0 Å². The van der Waals surface area contributed by atoms with E-state index < -0.39 is 0 Å². The second-order valence-electron chi connectivity index (χ2n) is 8.05. The van der Waals surface area contributed by atoms with Crippen molar-refractivity contribution in [1.82, 2.24) is 14.8 Å². The van der Waals surface area contributed by atoms with Gasteiger partial charge in [-0.3, -0.25) is 4.79 Å². The van der Waals surface area contributed by atoms with E-state index in [-0.39, 0.29) is 11.5 Å². The fourth-order valence-corrected chi connectivity index (χ4v) is 4.48. The maximum absolute atomic E-state index is 13.0. The van der Waals surface area contributed by atoms with Gasteiger partial charge in [0.05, 0.1) is 24.3 Å². The Balaban J connectivity index is 1.49. The van der Waals surface area contributed by atoms with E-state index in [9.17, 15) is 4.79 Å². The van der Waals surface area contributed by atoms with Gasteiger partial charge in [0.2, 0.25) is 0 Å². The summed E-state index contributed by atoms with van der Waals surface area (Å²) >= 11 is 0. The van der Waals surface area contributed by atoms with Crippen LogP contribution in [0.3, 0.4) is 0 Å². The lowest BCUT2D eigenvalue weighted by Crippen LogP contribution is -2.50. The molecule has 1 spiro atoms. The van der Waals surface area contributed by atoms with Crippen molar-refractivity contribution >= 4 is 16.8 Å². The summed E-state index contributed by atoms with van der Waals surface area (Å²) in [4.78, 5) is 21.8. The van der Waals surface area contributed by atoms with Crippen molar-refractivity contribution in [2.45, 2.75) is 24.9 Å². The average Bonchev–Trinajstić information content (AvgIpc) is 3.01. The lowest BCUT2D eigenvalue weighted by molar-refractivity contribution is -0.0451. The zero-order chi connectivity index (χ0) is 18.1. The van der Waals surface area contributed by atoms with Gasteiger partial charge < -0.3 is 14.5 Å². The molecule has 0 aliphatic carbocycles. The van der Waals surface area contributed by atoms with Crippen LogP contribution in [0.5, 0.6) is 0 Å². The number of hydrogen-bond acceptors (Lipinski definition) is 4. The lowest BCUT2D eigenvalue weighted by atomic mass is 9.86. The number of benzene rings is 1. The van der Waals surface area contributed by atoms with Crippen LogP contribution < -0.4 is 0 Å². The van der Waals surface area contributed by atoms with E-state index in [1.807, 2.05) is 41.3 Å². The normalized spacial score (nSPS) is 26.1. The number of aromatic nitrogens is 1. The van der Waals surface area contributed by atoms with Crippen molar-refractivity contribution in [1.29, 1.82) is 0 Å². The first-order valence-corrected chi connectivity index (χ1v) is 9.48. The van der Waals surface area contributed by atoms with E-state index in [1.54, 1.807) is 0 Å². The number of likely N-dealkylation sites (tertiary alicyclic amines) is 1. The summed E-state index contributed by atoms with van der Waals surface area (Å²) in [6.07, 6.45) is 3.08. The number of rotatable bonds is 3. The van der Waals surface area contributed by atoms with Crippen LogP contribution in [-0.2, 0) is 4.74 Å². The first-order valence-electron chi connectivity index (χ1n) is 9.48. The predicted octanol–water partition coefficient (Wildman–Crippen LogP) is 2.81. The van der Waals surface area contributed by atoms with Crippen LogP contribution in [0.1, 0.15) is 29.8 Å². The number of ether oxygens (including phenoxy) is 1. The summed E-state index contributed by atoms with van der Waals surface area (Å²) in [5, 5.41) is 1.06. The van der Waals surface area contributed by atoms with Gasteiger partial charge >= 0.3 is 0 Å². The number of para-hydroxylation sites is 1. The Morgan fingerprint density at radius 3 is 3.00 bits per heavy atom. The summed E-state index contributed by atoms with van der Waals surface area (Å²) in [6.45, 7) is 3.32. The summed E-state index contributed by atoms with van der Waals surface area (Å²) in [7, 11) is 4.21. The van der Waals surface area contributed by atoms with Gasteiger partial charge in [0, 0.05) is 18.5 Å². The number of piperidine rings is 1. The van der Waals surface area contributed by atoms with Crippen molar-refractivity contribution in [3.05, 3.63) is 42.1 Å². The van der Waals surface area contributed by atoms with Crippen LogP contribution in [0, 0.1) is 5.92 Å². The van der Waals surface area contributed by atoms with Gasteiger partial charge in [-0.2, -0.15) is 0 Å². The molecule has 2 fully saturated rings. The summed E-state index contributed by atoms with van der Waals surface area (Å²) < 4.78 is 6.24. The van der Waals surface area contributed by atoms with Gasteiger partial charge in [0.25, 0.3) is 5.91 Å². The molecule has 2 aromatic rings. The standard InChI is InChI=1S/C21H27N3O2/c1-23(2)13-16-12-21(26-14-16)10-5-11-24(15-21)20(25)19-9-8-17-6-3-4-7-18(17)22-19/h3-4,6-9,16H,5,10-15H2,1-2H3/t16-,21+/m1/s1. The monoisotopic (exact) mass is 353 g/mol. The fraction of sp³-hybridized carbons (Fsp3) is 0.524. The molecule has 138 valence electrons. The molecule has 0 unspecified atom stereocenters. The molecule has 5 nitrogen and oxygen atoms in total. The molecule has 0 radical (unpaired) electrons. The third kappa shape index (κ3) is 3.46. The number of fused-ring (bicyclic) bond motifs is 1. The Bertz CT molecular complexity index is 807. The van der Waals surface area contributed by atoms with Crippen LogP contribution in [0.15, 0.2) is 36.4 Å². The molecular formula is C21H27N3O2. The molecule has 0 N–H and O–H groups in total. The zero-order valence-electron chi connectivity index (χ0n) is 15.6. The molecule has 0 saturated carbocycles. The Morgan fingerprint density at radius 1 is 1.31 bits per heavy atom. The lowest BCUT2D eigenvalue weighted by Gasteiger charge is -2.39. The Morgan fingerprint density at radius 2 is 2.15 bits per heavy atom. The molecule has 5 heteroatoms. The maximum atomic E-state index is 13.0. The van der Waals surface area contributed by atoms with E-state index in [0.29, 0.717) is 18.2 Å². The number of hydrogen-bond donors (Lipinski definition) is 0. The highest BCUT2D eigenvalue weighted by Crippen LogP contribution is 2.38. The second-order valence-corrected chi connectivity index (χ2v) is 8.05. The van der Waals surface area contributed by atoms with E-state index in [1.165, 1.54) is 0 Å². The van der Waals surface area contributed by atoms with Gasteiger partial charge in [-0.25, -0.2) is 4.98 Å². The second kappa shape index (κ2) is 6.97. The first-order chi connectivity index (χ1) is 12.5. The maximum Gasteiger partial charge on any atom is 0.272 e. The molecule has 4 rings (SSSR count). The van der Waals surface area contributed by atoms with Gasteiger partial charge in [-0.15, -0.1) is 0 Å². The molecule has 2 atom stereocenters. The minimum atomic E-state index is -0.161. The van der Waals surface area contributed by atoms with Crippen molar-refractivity contribution < 1.29 is 9.53 Å². The van der Waals surface area contributed by atoms with Crippen LogP contribution in [0.4, 0.5) is 0 Å². The third-order valence-corrected chi connectivity index (χ3v) is 5.55. The van der Waals surface area contributed by atoms with Crippen LogP contribution in [0.25, 0.3) is 10.9 Å². The van der Waals surface area contributed by atoms with Gasteiger partial charge in [-0.1, -0.05) is 24.3 Å². The van der Waals surface area contributed by atoms with Crippen LogP contribution >= 0.6 is 0 Å². The van der Waals surface area contributed by atoms with Crippen molar-refractivity contribution in [2.75, 3.05) is 40.3 Å². The Labute approximate surface area is 154 Å². The van der Waals surface area contributed by atoms with Crippen LogP contribution in [0.2, 0.25) is 0 Å². The van der Waals surface area contributed by atoms with Gasteiger partial charge in [0.1, 0.15) is 5.69 Å². The number of amides is 1. The highest BCUT2D eigenvalue weighted by atomic mass is 16.5. The Hall–Kier alpha value is -1.98. The summed E-state index contributed by atoms with van der Waals surface area (Å²) in [5.41, 5.74) is 1.24. The third-order valence-electron chi connectivity index (χ3n) is 5.55. The van der Waals surface area contributed by atoms with E-state index in [4.69, 9.17) is 4.74 Å². The SMILES string of the molecule is CN(C)C[C@@H]1CO[C@@]2(CCCN(C(=O)c3ccc4ccccc4n3)C2)C1. The van der Waals surface area contributed by atoms with Gasteiger partial charge in [-0.05, 0) is 51.4 Å². The number of carbonyl (C=O) groups excluding carboxylic acids is 1. The molecule has 2 aliphatic heterocycles. The predicted molar refractivity (Wildman–Crippen MR) is 102 cm³/mol.